The van der Waals surface area contributed by atoms with E-state index in [-0.39, 0.29) is 19.4 Å². The number of benzene rings is 2. The van der Waals surface area contributed by atoms with Gasteiger partial charge in [-0.15, -0.1) is 0 Å². The third-order valence-electron chi connectivity index (χ3n) is 4.72. The summed E-state index contributed by atoms with van der Waals surface area (Å²) in [4.78, 5) is 23.8. The standard InChI is InChI=1S/C24H32N2O5/c1-22(2,3)31-21(29)26-16-23(4,30)15-24(25,20(27)28)14-17-10-12-19(13-11-17)18-8-6-5-7-9-18/h5-13,30H,14-16,25H2,1-4H3,(H,26,29)(H,27,28)/t23-,24+/m0/s1. The van der Waals surface area contributed by atoms with Crippen molar-refractivity contribution in [1.82, 2.24) is 5.32 Å². The fourth-order valence-corrected chi connectivity index (χ4v) is 3.34. The van der Waals surface area contributed by atoms with Gasteiger partial charge in [-0.2, -0.15) is 0 Å². The highest BCUT2D eigenvalue weighted by Gasteiger charge is 2.41. The second-order valence-electron chi connectivity index (χ2n) is 9.23. The number of carboxylic acids is 1. The van der Waals surface area contributed by atoms with Gasteiger partial charge >= 0.3 is 12.1 Å². The molecule has 31 heavy (non-hydrogen) atoms. The third kappa shape index (κ3) is 7.70. The zero-order chi connectivity index (χ0) is 23.3. The number of aliphatic hydroxyl groups is 1. The molecule has 2 rings (SSSR count). The Hall–Kier alpha value is -2.90. The van der Waals surface area contributed by atoms with Crippen molar-refractivity contribution in [2.45, 2.75) is 57.3 Å². The molecule has 5 N–H and O–H groups in total. The number of alkyl carbamates (subject to hydrolysis) is 1. The summed E-state index contributed by atoms with van der Waals surface area (Å²) >= 11 is 0. The maximum atomic E-state index is 12.0. The lowest BCUT2D eigenvalue weighted by Crippen LogP contribution is -2.57. The van der Waals surface area contributed by atoms with E-state index in [9.17, 15) is 19.8 Å². The molecule has 2 atom stereocenters. The molecule has 0 aliphatic heterocycles. The predicted octanol–water partition coefficient (Wildman–Crippen LogP) is 3.34. The Balaban J connectivity index is 2.07. The van der Waals surface area contributed by atoms with Crippen LogP contribution in [0, 0.1) is 0 Å². The van der Waals surface area contributed by atoms with Gasteiger partial charge in [-0.05, 0) is 44.4 Å². The number of carboxylic acid groups (broad SMARTS) is 1. The fourth-order valence-electron chi connectivity index (χ4n) is 3.34. The number of nitrogens with two attached hydrogens (primary N) is 1. The van der Waals surface area contributed by atoms with Crippen LogP contribution < -0.4 is 11.1 Å². The van der Waals surface area contributed by atoms with Crippen LogP contribution in [0.2, 0.25) is 0 Å². The Morgan fingerprint density at radius 2 is 1.52 bits per heavy atom. The van der Waals surface area contributed by atoms with Gasteiger partial charge < -0.3 is 26.0 Å². The van der Waals surface area contributed by atoms with E-state index in [1.165, 1.54) is 6.92 Å². The second kappa shape index (κ2) is 9.49. The molecule has 168 valence electrons. The molecule has 2 aromatic carbocycles. The first-order valence-electron chi connectivity index (χ1n) is 10.2. The summed E-state index contributed by atoms with van der Waals surface area (Å²) < 4.78 is 5.15. The minimum atomic E-state index is -1.71. The predicted molar refractivity (Wildman–Crippen MR) is 120 cm³/mol. The van der Waals surface area contributed by atoms with Crippen LogP contribution in [0.15, 0.2) is 54.6 Å². The van der Waals surface area contributed by atoms with Crippen LogP contribution in [0.25, 0.3) is 11.1 Å². The molecule has 2 aromatic rings. The maximum absolute atomic E-state index is 12.0. The van der Waals surface area contributed by atoms with Crippen molar-refractivity contribution in [3.63, 3.8) is 0 Å². The molecule has 0 saturated heterocycles. The first-order chi connectivity index (χ1) is 14.3. The van der Waals surface area contributed by atoms with Gasteiger partial charge in [0.15, 0.2) is 0 Å². The molecule has 0 radical (unpaired) electrons. The number of nitrogens with one attached hydrogen (secondary N) is 1. The topological polar surface area (TPSA) is 122 Å². The number of hydrogen-bond acceptors (Lipinski definition) is 5. The molecule has 7 nitrogen and oxygen atoms in total. The highest BCUT2D eigenvalue weighted by Crippen LogP contribution is 2.25. The molecule has 0 aliphatic carbocycles. The van der Waals surface area contributed by atoms with Crippen LogP contribution in [0.4, 0.5) is 4.79 Å². The average molecular weight is 429 g/mol. The van der Waals surface area contributed by atoms with Crippen molar-refractivity contribution in [1.29, 1.82) is 0 Å². The molecule has 1 amide bonds. The minimum absolute atomic E-state index is 0.0278. The highest BCUT2D eigenvalue weighted by atomic mass is 16.6. The maximum Gasteiger partial charge on any atom is 0.407 e. The van der Waals surface area contributed by atoms with Crippen molar-refractivity contribution in [2.24, 2.45) is 5.73 Å². The van der Waals surface area contributed by atoms with Crippen molar-refractivity contribution in [3.05, 3.63) is 60.2 Å². The largest absolute Gasteiger partial charge is 0.480 e. The van der Waals surface area contributed by atoms with Crippen molar-refractivity contribution in [3.8, 4) is 11.1 Å². The number of rotatable bonds is 8. The van der Waals surface area contributed by atoms with Gasteiger partial charge in [-0.1, -0.05) is 54.6 Å². The van der Waals surface area contributed by atoms with Gasteiger partial charge in [0.2, 0.25) is 0 Å². The van der Waals surface area contributed by atoms with E-state index in [2.05, 4.69) is 5.32 Å². The van der Waals surface area contributed by atoms with Crippen LogP contribution in [-0.4, -0.2) is 45.6 Å². The lowest BCUT2D eigenvalue weighted by atomic mass is 9.81. The monoisotopic (exact) mass is 428 g/mol. The summed E-state index contributed by atoms with van der Waals surface area (Å²) in [5, 5.41) is 22.9. The van der Waals surface area contributed by atoms with E-state index in [4.69, 9.17) is 10.5 Å². The van der Waals surface area contributed by atoms with E-state index >= 15 is 0 Å². The van der Waals surface area contributed by atoms with Gasteiger partial charge in [0.05, 0.1) is 5.60 Å². The van der Waals surface area contributed by atoms with Crippen LogP contribution in [0.5, 0.6) is 0 Å². The van der Waals surface area contributed by atoms with Gasteiger partial charge in [-0.3, -0.25) is 4.79 Å². The Kier molecular flexibility index (Phi) is 7.46. The normalized spacial score (nSPS) is 15.4. The van der Waals surface area contributed by atoms with Crippen LogP contribution >= 0.6 is 0 Å². The Morgan fingerprint density at radius 3 is 2.03 bits per heavy atom. The first-order valence-corrected chi connectivity index (χ1v) is 10.2. The molecule has 0 unspecified atom stereocenters. The summed E-state index contributed by atoms with van der Waals surface area (Å²) in [6.07, 6.45) is -0.923. The van der Waals surface area contributed by atoms with E-state index in [0.29, 0.717) is 0 Å². The Bertz CT molecular complexity index is 888. The molecule has 0 heterocycles. The number of carbonyl (C=O) groups is 2. The summed E-state index contributed by atoms with van der Waals surface area (Å²) in [6.45, 7) is 6.42. The number of aliphatic carboxylic acids is 1. The second-order valence-corrected chi connectivity index (χ2v) is 9.23. The van der Waals surface area contributed by atoms with Crippen molar-refractivity contribution >= 4 is 12.1 Å². The van der Waals surface area contributed by atoms with Crippen molar-refractivity contribution < 1.29 is 24.5 Å². The quantitative estimate of drug-likeness (QED) is 0.512. The zero-order valence-corrected chi connectivity index (χ0v) is 18.5. The van der Waals surface area contributed by atoms with Crippen molar-refractivity contribution in [2.75, 3.05) is 6.54 Å². The van der Waals surface area contributed by atoms with Crippen LogP contribution in [0.3, 0.4) is 0 Å². The van der Waals surface area contributed by atoms with E-state index in [1.54, 1.807) is 20.8 Å². The Labute approximate surface area is 183 Å². The van der Waals surface area contributed by atoms with E-state index in [1.807, 2.05) is 54.6 Å². The first kappa shape index (κ1) is 24.4. The zero-order valence-electron chi connectivity index (χ0n) is 18.5. The summed E-state index contributed by atoms with van der Waals surface area (Å²) in [5.41, 5.74) is 5.07. The summed E-state index contributed by atoms with van der Waals surface area (Å²) in [5.74, 6) is -1.22. The highest BCUT2D eigenvalue weighted by molar-refractivity contribution is 5.79. The van der Waals surface area contributed by atoms with E-state index in [0.717, 1.165) is 16.7 Å². The molecule has 0 aromatic heterocycles. The van der Waals surface area contributed by atoms with Crippen LogP contribution in [0.1, 0.15) is 39.7 Å². The lowest BCUT2D eigenvalue weighted by molar-refractivity contribution is -0.146. The molecular weight excluding hydrogens is 396 g/mol. The number of ether oxygens (including phenoxy) is 1. The molecule has 0 aliphatic rings. The SMILES string of the molecule is CC(C)(C)OC(=O)NC[C@@](C)(O)C[C@](N)(Cc1ccc(-c2ccccc2)cc1)C(=O)O. The molecule has 0 spiro atoms. The lowest BCUT2D eigenvalue weighted by Gasteiger charge is -2.33. The average Bonchev–Trinajstić information content (AvgIpc) is 2.66. The fraction of sp³-hybridized carbons (Fsp3) is 0.417. The number of hydrogen-bond donors (Lipinski definition) is 4. The number of carbonyl (C=O) groups excluding carboxylic acids is 1. The molecular formula is C24H32N2O5. The van der Waals surface area contributed by atoms with Gasteiger partial charge in [0, 0.05) is 19.4 Å². The van der Waals surface area contributed by atoms with Gasteiger partial charge in [0.25, 0.3) is 0 Å². The van der Waals surface area contributed by atoms with Crippen LogP contribution in [-0.2, 0) is 16.0 Å². The van der Waals surface area contributed by atoms with E-state index < -0.39 is 28.8 Å². The molecule has 0 bridgehead atoms. The molecule has 0 saturated carbocycles. The van der Waals surface area contributed by atoms with Gasteiger partial charge in [0.1, 0.15) is 11.1 Å². The summed E-state index contributed by atoms with van der Waals surface area (Å²) in [7, 11) is 0. The Morgan fingerprint density at radius 1 is 0.968 bits per heavy atom. The van der Waals surface area contributed by atoms with Gasteiger partial charge in [-0.25, -0.2) is 4.79 Å². The smallest absolute Gasteiger partial charge is 0.407 e. The molecule has 7 heteroatoms. The third-order valence-corrected chi connectivity index (χ3v) is 4.72. The summed E-state index contributed by atoms with van der Waals surface area (Å²) in [6, 6.07) is 17.3. The molecule has 0 fully saturated rings. The minimum Gasteiger partial charge on any atom is -0.480 e. The number of amides is 1.